The smallest absolute Gasteiger partial charge is 0.339 e. The van der Waals surface area contributed by atoms with Gasteiger partial charge < -0.3 is 4.74 Å². The monoisotopic (exact) mass is 360 g/mol. The minimum Gasteiger partial charge on any atom is -0.457 e. The minimum absolute atomic E-state index is 0.246. The van der Waals surface area contributed by atoms with Gasteiger partial charge in [-0.15, -0.1) is 11.8 Å². The van der Waals surface area contributed by atoms with Crippen LogP contribution in [0.4, 0.5) is 0 Å². The molecule has 3 rings (SSSR count). The predicted octanol–water partition coefficient (Wildman–Crippen LogP) is 4.64. The molecule has 0 N–H and O–H groups in total. The highest BCUT2D eigenvalue weighted by Crippen LogP contribution is 2.33. The molecule has 2 nitrogen and oxygen atoms in total. The lowest BCUT2D eigenvalue weighted by atomic mass is 9.97. The van der Waals surface area contributed by atoms with Crippen molar-refractivity contribution in [1.29, 1.82) is 0 Å². The van der Waals surface area contributed by atoms with Crippen molar-refractivity contribution in [2.45, 2.75) is 4.90 Å². The van der Waals surface area contributed by atoms with Gasteiger partial charge in [0, 0.05) is 14.9 Å². The Morgan fingerprint density at radius 2 is 1.62 bits per heavy atom. The molecule has 0 unspecified atom stereocenters. The lowest BCUT2D eigenvalue weighted by Gasteiger charge is -2.05. The second-order valence-corrected chi connectivity index (χ2v) is 6.46. The highest BCUT2D eigenvalue weighted by Gasteiger charge is 2.27. The number of carbonyl (C=O) groups excluding carboxylic acids is 1. The first kappa shape index (κ1) is 14.4. The summed E-state index contributed by atoms with van der Waals surface area (Å²) in [6.45, 7) is 0.333. The van der Waals surface area contributed by atoms with Gasteiger partial charge in [-0.2, -0.15) is 0 Å². The van der Waals surface area contributed by atoms with Crippen LogP contribution < -0.4 is 0 Å². The minimum atomic E-state index is -0.246. The first-order chi connectivity index (χ1) is 10.2. The average molecular weight is 361 g/mol. The topological polar surface area (TPSA) is 26.3 Å². The van der Waals surface area contributed by atoms with Crippen molar-refractivity contribution in [3.8, 4) is 0 Å². The average Bonchev–Trinajstić information content (AvgIpc) is 2.90. The molecule has 0 amide bonds. The Balaban J connectivity index is 2.07. The fourth-order valence-electron chi connectivity index (χ4n) is 2.33. The lowest BCUT2D eigenvalue weighted by molar-refractivity contribution is -0.133. The maximum atomic E-state index is 12.1. The van der Waals surface area contributed by atoms with E-state index in [1.54, 1.807) is 11.8 Å². The Kier molecular flexibility index (Phi) is 4.17. The van der Waals surface area contributed by atoms with Crippen LogP contribution in [-0.4, -0.2) is 18.8 Å². The van der Waals surface area contributed by atoms with Gasteiger partial charge in [0.15, 0.2) is 0 Å². The van der Waals surface area contributed by atoms with E-state index in [1.165, 1.54) is 4.90 Å². The number of hydrogen-bond donors (Lipinski definition) is 0. The van der Waals surface area contributed by atoms with Gasteiger partial charge in [0.1, 0.15) is 6.61 Å². The molecule has 0 spiro atoms. The van der Waals surface area contributed by atoms with Crippen LogP contribution in [0.2, 0.25) is 0 Å². The van der Waals surface area contributed by atoms with E-state index in [0.717, 1.165) is 21.2 Å². The molecule has 0 aromatic heterocycles. The summed E-state index contributed by atoms with van der Waals surface area (Å²) in [6.07, 6.45) is 2.03. The summed E-state index contributed by atoms with van der Waals surface area (Å²) in [5.74, 6) is -0.246. The van der Waals surface area contributed by atoms with Gasteiger partial charge in [-0.05, 0) is 41.6 Å². The van der Waals surface area contributed by atoms with Crippen LogP contribution in [0.15, 0.2) is 57.9 Å². The summed E-state index contributed by atoms with van der Waals surface area (Å²) in [5, 5.41) is 0. The van der Waals surface area contributed by atoms with E-state index >= 15 is 0 Å². The molecule has 2 aromatic rings. The summed E-state index contributed by atoms with van der Waals surface area (Å²) >= 11 is 5.11. The van der Waals surface area contributed by atoms with E-state index in [0.29, 0.717) is 12.2 Å². The third-order valence-corrected chi connectivity index (χ3v) is 4.70. The van der Waals surface area contributed by atoms with Gasteiger partial charge in [-0.25, -0.2) is 4.79 Å². The Labute approximate surface area is 136 Å². The Bertz CT molecular complexity index is 703. The van der Waals surface area contributed by atoms with E-state index in [9.17, 15) is 4.79 Å². The van der Waals surface area contributed by atoms with Crippen molar-refractivity contribution < 1.29 is 9.53 Å². The zero-order valence-corrected chi connectivity index (χ0v) is 13.8. The van der Waals surface area contributed by atoms with Crippen molar-refractivity contribution in [3.63, 3.8) is 0 Å². The van der Waals surface area contributed by atoms with E-state index in [1.807, 2.05) is 54.8 Å². The van der Waals surface area contributed by atoms with Gasteiger partial charge in [-0.3, -0.25) is 0 Å². The van der Waals surface area contributed by atoms with Crippen molar-refractivity contribution in [2.75, 3.05) is 12.9 Å². The molecule has 21 heavy (non-hydrogen) atoms. The number of cyclic esters (lactones) is 1. The number of thioether (sulfide) groups is 1. The maximum Gasteiger partial charge on any atom is 0.339 e. The fraction of sp³-hybridized carbons (Fsp3) is 0.118. The molecule has 0 saturated heterocycles. The van der Waals surface area contributed by atoms with Crippen molar-refractivity contribution in [2.24, 2.45) is 0 Å². The van der Waals surface area contributed by atoms with Gasteiger partial charge in [0.05, 0.1) is 5.57 Å². The molecule has 0 bridgehead atoms. The molecule has 2 aromatic carbocycles. The van der Waals surface area contributed by atoms with Crippen LogP contribution in [-0.2, 0) is 9.53 Å². The molecule has 0 radical (unpaired) electrons. The first-order valence-corrected chi connectivity index (χ1v) is 8.51. The molecule has 0 fully saturated rings. The van der Waals surface area contributed by atoms with Crippen LogP contribution in [0.25, 0.3) is 11.1 Å². The molecule has 1 aliphatic rings. The standard InChI is InChI=1S/C17H13BrO2S/c1-21-14-8-4-12(5-9-14)16-15(10-20-17(16)19)11-2-6-13(18)7-3-11/h2-9H,10H2,1H3. The van der Waals surface area contributed by atoms with Crippen LogP contribution in [0.3, 0.4) is 0 Å². The Hall–Kier alpha value is -1.52. The third kappa shape index (κ3) is 2.92. The Morgan fingerprint density at radius 1 is 1.00 bits per heavy atom. The van der Waals surface area contributed by atoms with E-state index in [2.05, 4.69) is 15.9 Å². The van der Waals surface area contributed by atoms with E-state index in [4.69, 9.17) is 4.74 Å². The van der Waals surface area contributed by atoms with Gasteiger partial charge >= 0.3 is 5.97 Å². The quantitative estimate of drug-likeness (QED) is 0.589. The molecule has 0 atom stereocenters. The second-order valence-electron chi connectivity index (χ2n) is 4.67. The molecular formula is C17H13BrO2S. The highest BCUT2D eigenvalue weighted by atomic mass is 79.9. The first-order valence-electron chi connectivity index (χ1n) is 6.49. The van der Waals surface area contributed by atoms with Crippen molar-refractivity contribution in [3.05, 3.63) is 64.1 Å². The fourth-order valence-corrected chi connectivity index (χ4v) is 3.01. The number of halogens is 1. The molecular weight excluding hydrogens is 348 g/mol. The number of ether oxygens (including phenoxy) is 1. The lowest BCUT2D eigenvalue weighted by Crippen LogP contribution is -1.98. The molecule has 106 valence electrons. The largest absolute Gasteiger partial charge is 0.457 e. The number of esters is 1. The SMILES string of the molecule is CSc1ccc(C2=C(c3ccc(Br)cc3)COC2=O)cc1. The van der Waals surface area contributed by atoms with Gasteiger partial charge in [0.2, 0.25) is 0 Å². The summed E-state index contributed by atoms with van der Waals surface area (Å²) in [7, 11) is 0. The van der Waals surface area contributed by atoms with Gasteiger partial charge in [-0.1, -0.05) is 40.2 Å². The normalized spacial score (nSPS) is 14.5. The number of hydrogen-bond acceptors (Lipinski definition) is 3. The summed E-state index contributed by atoms with van der Waals surface area (Å²) in [4.78, 5) is 13.3. The van der Waals surface area contributed by atoms with Crippen molar-refractivity contribution >= 4 is 44.8 Å². The zero-order chi connectivity index (χ0) is 14.8. The van der Waals surface area contributed by atoms with E-state index < -0.39 is 0 Å². The van der Waals surface area contributed by atoms with Crippen LogP contribution >= 0.6 is 27.7 Å². The molecule has 1 heterocycles. The predicted molar refractivity (Wildman–Crippen MR) is 90.1 cm³/mol. The van der Waals surface area contributed by atoms with Gasteiger partial charge in [0.25, 0.3) is 0 Å². The summed E-state index contributed by atoms with van der Waals surface area (Å²) < 4.78 is 6.26. The number of rotatable bonds is 3. The zero-order valence-electron chi connectivity index (χ0n) is 11.4. The summed E-state index contributed by atoms with van der Waals surface area (Å²) in [5.41, 5.74) is 3.55. The third-order valence-electron chi connectivity index (χ3n) is 3.42. The maximum absolute atomic E-state index is 12.1. The molecule has 4 heteroatoms. The van der Waals surface area contributed by atoms with Crippen molar-refractivity contribution in [1.82, 2.24) is 0 Å². The van der Waals surface area contributed by atoms with Crippen LogP contribution in [0, 0.1) is 0 Å². The van der Waals surface area contributed by atoms with Crippen LogP contribution in [0.1, 0.15) is 11.1 Å². The summed E-state index contributed by atoms with van der Waals surface area (Å²) in [6, 6.07) is 15.9. The number of benzene rings is 2. The second kappa shape index (κ2) is 6.08. The molecule has 1 aliphatic heterocycles. The Morgan fingerprint density at radius 3 is 2.24 bits per heavy atom. The van der Waals surface area contributed by atoms with E-state index in [-0.39, 0.29) is 5.97 Å². The highest BCUT2D eigenvalue weighted by molar-refractivity contribution is 9.10. The molecule has 0 aliphatic carbocycles. The van der Waals surface area contributed by atoms with Crippen LogP contribution in [0.5, 0.6) is 0 Å². The number of carbonyl (C=O) groups is 1. The molecule has 0 saturated carbocycles.